The molecule has 0 saturated carbocycles. The molecule has 35 heavy (non-hydrogen) atoms. The van der Waals surface area contributed by atoms with Crippen LogP contribution < -0.4 is 10.1 Å². The first-order valence-corrected chi connectivity index (χ1v) is 11.5. The van der Waals surface area contributed by atoms with Gasteiger partial charge in [-0.15, -0.1) is 0 Å². The largest absolute Gasteiger partial charge is 0.481 e. The zero-order chi connectivity index (χ0) is 24.8. The Labute approximate surface area is 203 Å². The van der Waals surface area contributed by atoms with Crippen molar-refractivity contribution in [3.8, 4) is 11.5 Å². The van der Waals surface area contributed by atoms with Crippen LogP contribution in [0, 0.1) is 5.82 Å². The molecule has 4 aromatic carbocycles. The predicted octanol–water partition coefficient (Wildman–Crippen LogP) is 6.67. The molecule has 1 amide bonds. The van der Waals surface area contributed by atoms with Gasteiger partial charge in [0.25, 0.3) is 5.91 Å². The standard InChI is InChI=1S/C29H26FNO4/c1-19(25-13-4-8-20-7-2-3-12-26(20)25)31-29(34)27-18-24(35-23-11-6-10-22(30)17-23)16-15-21(27)9-5-14-28(32)33/h2-4,6-8,10-13,15-19H,5,9,14H2,1H3,(H,31,34)(H,32,33)/t19-/m1/s1. The highest BCUT2D eigenvalue weighted by molar-refractivity contribution is 5.97. The van der Waals surface area contributed by atoms with Gasteiger partial charge in [0.2, 0.25) is 0 Å². The lowest BCUT2D eigenvalue weighted by Crippen LogP contribution is -2.27. The number of ether oxygens (including phenoxy) is 1. The van der Waals surface area contributed by atoms with Gasteiger partial charge in [0.1, 0.15) is 17.3 Å². The number of carboxylic acid groups (broad SMARTS) is 1. The van der Waals surface area contributed by atoms with E-state index in [1.165, 1.54) is 12.1 Å². The molecule has 0 saturated heterocycles. The molecule has 0 aromatic heterocycles. The normalized spacial score (nSPS) is 11.7. The number of fused-ring (bicyclic) bond motifs is 1. The molecule has 6 heteroatoms. The van der Waals surface area contributed by atoms with Crippen LogP contribution in [0.1, 0.15) is 47.3 Å². The Morgan fingerprint density at radius 3 is 2.49 bits per heavy atom. The summed E-state index contributed by atoms with van der Waals surface area (Å²) in [4.78, 5) is 24.4. The maximum Gasteiger partial charge on any atom is 0.303 e. The molecule has 0 radical (unpaired) electrons. The zero-order valence-corrected chi connectivity index (χ0v) is 19.3. The minimum Gasteiger partial charge on any atom is -0.481 e. The molecule has 4 rings (SSSR count). The third-order valence-electron chi connectivity index (χ3n) is 5.83. The number of aryl methyl sites for hydroxylation is 1. The Bertz CT molecular complexity index is 1360. The van der Waals surface area contributed by atoms with Crippen molar-refractivity contribution in [3.63, 3.8) is 0 Å². The van der Waals surface area contributed by atoms with Gasteiger partial charge in [0, 0.05) is 18.1 Å². The molecule has 0 unspecified atom stereocenters. The lowest BCUT2D eigenvalue weighted by atomic mass is 9.98. The Kier molecular flexibility index (Phi) is 7.41. The highest BCUT2D eigenvalue weighted by atomic mass is 19.1. The molecule has 5 nitrogen and oxygen atoms in total. The Morgan fingerprint density at radius 1 is 0.943 bits per heavy atom. The zero-order valence-electron chi connectivity index (χ0n) is 19.3. The van der Waals surface area contributed by atoms with Crippen LogP contribution >= 0.6 is 0 Å². The molecule has 0 heterocycles. The molecule has 178 valence electrons. The Morgan fingerprint density at radius 2 is 1.69 bits per heavy atom. The van der Waals surface area contributed by atoms with Gasteiger partial charge < -0.3 is 15.2 Å². The summed E-state index contributed by atoms with van der Waals surface area (Å²) in [5.74, 6) is -0.888. The molecule has 1 atom stereocenters. The fourth-order valence-corrected chi connectivity index (χ4v) is 4.13. The average molecular weight is 472 g/mol. The number of halogens is 1. The predicted molar refractivity (Wildman–Crippen MR) is 133 cm³/mol. The number of benzene rings is 4. The van der Waals surface area contributed by atoms with Gasteiger partial charge in [-0.25, -0.2) is 4.39 Å². The van der Waals surface area contributed by atoms with Gasteiger partial charge in [-0.2, -0.15) is 0 Å². The smallest absolute Gasteiger partial charge is 0.303 e. The molecule has 2 N–H and O–H groups in total. The molecular weight excluding hydrogens is 445 g/mol. The summed E-state index contributed by atoms with van der Waals surface area (Å²) in [7, 11) is 0. The number of hydrogen-bond donors (Lipinski definition) is 2. The number of carbonyl (C=O) groups excluding carboxylic acids is 1. The Hall–Kier alpha value is -4.19. The van der Waals surface area contributed by atoms with Crippen molar-refractivity contribution >= 4 is 22.6 Å². The number of rotatable bonds is 9. The number of nitrogens with one attached hydrogen (secondary N) is 1. The van der Waals surface area contributed by atoms with Crippen molar-refractivity contribution in [1.82, 2.24) is 5.32 Å². The summed E-state index contributed by atoms with van der Waals surface area (Å²) in [6.07, 6.45) is 0.839. The molecule has 0 bridgehead atoms. The van der Waals surface area contributed by atoms with Gasteiger partial charge in [0.05, 0.1) is 6.04 Å². The molecule has 4 aromatic rings. The summed E-state index contributed by atoms with van der Waals surface area (Å²) in [5.41, 5.74) is 2.12. The maximum atomic E-state index is 13.6. The SMILES string of the molecule is C[C@@H](NC(=O)c1cc(Oc2cccc(F)c2)ccc1CCCC(=O)O)c1cccc2ccccc12. The Balaban J connectivity index is 1.61. The minimum absolute atomic E-state index is 0.00894. The number of carboxylic acids is 1. The van der Waals surface area contributed by atoms with E-state index in [0.717, 1.165) is 21.9 Å². The number of carbonyl (C=O) groups is 2. The van der Waals surface area contributed by atoms with Crippen molar-refractivity contribution in [2.45, 2.75) is 32.2 Å². The van der Waals surface area contributed by atoms with Crippen LogP contribution in [0.25, 0.3) is 10.8 Å². The van der Waals surface area contributed by atoms with Crippen LogP contribution in [0.3, 0.4) is 0 Å². The topological polar surface area (TPSA) is 75.6 Å². The van der Waals surface area contributed by atoms with Crippen molar-refractivity contribution in [1.29, 1.82) is 0 Å². The van der Waals surface area contributed by atoms with E-state index in [-0.39, 0.29) is 18.4 Å². The van der Waals surface area contributed by atoms with Crippen molar-refractivity contribution in [2.75, 3.05) is 0 Å². The second-order valence-electron chi connectivity index (χ2n) is 8.39. The van der Waals surface area contributed by atoms with Crippen molar-refractivity contribution in [2.24, 2.45) is 0 Å². The van der Waals surface area contributed by atoms with Gasteiger partial charge in [-0.05, 0) is 65.9 Å². The summed E-state index contributed by atoms with van der Waals surface area (Å²) in [5, 5.41) is 14.2. The summed E-state index contributed by atoms with van der Waals surface area (Å²) in [6, 6.07) is 24.6. The maximum absolute atomic E-state index is 13.6. The van der Waals surface area contributed by atoms with E-state index in [0.29, 0.717) is 29.9 Å². The highest BCUT2D eigenvalue weighted by Gasteiger charge is 2.18. The molecular formula is C29H26FNO4. The molecule has 0 fully saturated rings. The van der Waals surface area contributed by atoms with E-state index in [1.54, 1.807) is 30.3 Å². The highest BCUT2D eigenvalue weighted by Crippen LogP contribution is 2.28. The van der Waals surface area contributed by atoms with Crippen LogP contribution in [-0.4, -0.2) is 17.0 Å². The summed E-state index contributed by atoms with van der Waals surface area (Å²) < 4.78 is 19.4. The first-order chi connectivity index (χ1) is 16.9. The number of hydrogen-bond acceptors (Lipinski definition) is 3. The lowest BCUT2D eigenvalue weighted by molar-refractivity contribution is -0.137. The van der Waals surface area contributed by atoms with Crippen molar-refractivity contribution in [3.05, 3.63) is 107 Å². The number of amides is 1. The van der Waals surface area contributed by atoms with Gasteiger partial charge >= 0.3 is 5.97 Å². The van der Waals surface area contributed by atoms with Crippen LogP contribution in [-0.2, 0) is 11.2 Å². The molecule has 0 aliphatic rings. The van der Waals surface area contributed by atoms with Crippen LogP contribution in [0.2, 0.25) is 0 Å². The van der Waals surface area contributed by atoms with Gasteiger partial charge in [0.15, 0.2) is 0 Å². The first-order valence-electron chi connectivity index (χ1n) is 11.5. The van der Waals surface area contributed by atoms with Crippen LogP contribution in [0.4, 0.5) is 4.39 Å². The first kappa shape index (κ1) is 24.0. The molecule has 0 aliphatic carbocycles. The lowest BCUT2D eigenvalue weighted by Gasteiger charge is -2.19. The van der Waals surface area contributed by atoms with E-state index >= 15 is 0 Å². The average Bonchev–Trinajstić information content (AvgIpc) is 2.84. The number of aliphatic carboxylic acids is 1. The van der Waals surface area contributed by atoms with Gasteiger partial charge in [-0.1, -0.05) is 54.6 Å². The molecule has 0 aliphatic heterocycles. The second-order valence-corrected chi connectivity index (χ2v) is 8.39. The third-order valence-corrected chi connectivity index (χ3v) is 5.83. The van der Waals surface area contributed by atoms with Crippen LogP contribution in [0.15, 0.2) is 84.9 Å². The van der Waals surface area contributed by atoms with E-state index in [4.69, 9.17) is 9.84 Å². The quantitative estimate of drug-likeness (QED) is 0.286. The fourth-order valence-electron chi connectivity index (χ4n) is 4.13. The minimum atomic E-state index is -0.883. The summed E-state index contributed by atoms with van der Waals surface area (Å²) >= 11 is 0. The van der Waals surface area contributed by atoms with E-state index in [9.17, 15) is 14.0 Å². The van der Waals surface area contributed by atoms with E-state index < -0.39 is 11.8 Å². The van der Waals surface area contributed by atoms with Gasteiger partial charge in [-0.3, -0.25) is 9.59 Å². The van der Waals surface area contributed by atoms with E-state index in [1.807, 2.05) is 49.4 Å². The van der Waals surface area contributed by atoms with Crippen molar-refractivity contribution < 1.29 is 23.8 Å². The second kappa shape index (κ2) is 10.8. The molecule has 0 spiro atoms. The van der Waals surface area contributed by atoms with Crippen LogP contribution in [0.5, 0.6) is 11.5 Å². The summed E-state index contributed by atoms with van der Waals surface area (Å²) in [6.45, 7) is 1.93. The monoisotopic (exact) mass is 471 g/mol. The fraction of sp³-hybridized carbons (Fsp3) is 0.172. The van der Waals surface area contributed by atoms with E-state index in [2.05, 4.69) is 5.32 Å². The third kappa shape index (κ3) is 6.03.